The van der Waals surface area contributed by atoms with Crippen molar-refractivity contribution in [3.8, 4) is 0 Å². The van der Waals surface area contributed by atoms with Gasteiger partial charge in [0.1, 0.15) is 0 Å². The normalized spacial score (nSPS) is 32.8. The molecule has 19 heavy (non-hydrogen) atoms. The summed E-state index contributed by atoms with van der Waals surface area (Å²) in [4.78, 5) is 0. The molecule has 2 fully saturated rings. The maximum absolute atomic E-state index is 6.29. The first-order valence-electron chi connectivity index (χ1n) is 7.79. The first-order chi connectivity index (χ1) is 9.19. The van der Waals surface area contributed by atoms with Crippen LogP contribution in [0, 0.1) is 17.3 Å². The van der Waals surface area contributed by atoms with E-state index < -0.39 is 0 Å². The molecule has 2 atom stereocenters. The van der Waals surface area contributed by atoms with Gasteiger partial charge in [0.15, 0.2) is 0 Å². The fourth-order valence-electron chi connectivity index (χ4n) is 4.03. The second-order valence-corrected chi connectivity index (χ2v) is 7.00. The van der Waals surface area contributed by atoms with Gasteiger partial charge in [0, 0.05) is 12.1 Å². The van der Waals surface area contributed by atoms with E-state index in [2.05, 4.69) is 30.8 Å². The third-order valence-electron chi connectivity index (χ3n) is 5.28. The highest BCUT2D eigenvalue weighted by Gasteiger charge is 2.53. The first-order valence-corrected chi connectivity index (χ1v) is 8.33. The van der Waals surface area contributed by atoms with Crippen LogP contribution in [-0.4, -0.2) is 15.7 Å². The number of alkyl halides is 1. The maximum Gasteiger partial charge on any atom is 0.0630 e. The van der Waals surface area contributed by atoms with Crippen LogP contribution < -0.4 is 0 Å². The molecule has 0 aliphatic heterocycles. The van der Waals surface area contributed by atoms with Crippen molar-refractivity contribution in [1.29, 1.82) is 0 Å². The minimum Gasteiger partial charge on any atom is -0.269 e. The van der Waals surface area contributed by atoms with E-state index in [0.717, 1.165) is 37.0 Å². The predicted octanol–water partition coefficient (Wildman–Crippen LogP) is 4.44. The molecule has 0 bridgehead atoms. The number of nitrogens with zero attached hydrogens (tertiary/aromatic N) is 2. The molecular weight excluding hydrogens is 256 g/mol. The lowest BCUT2D eigenvalue weighted by molar-refractivity contribution is 0.297. The Morgan fingerprint density at radius 3 is 2.63 bits per heavy atom. The van der Waals surface area contributed by atoms with Crippen molar-refractivity contribution < 1.29 is 0 Å². The molecule has 106 valence electrons. The average molecular weight is 281 g/mol. The first kappa shape index (κ1) is 13.5. The summed E-state index contributed by atoms with van der Waals surface area (Å²) in [6.07, 6.45) is 9.67. The summed E-state index contributed by atoms with van der Waals surface area (Å²) in [6, 6.07) is 2.76. The number of aromatic nitrogens is 2. The largest absolute Gasteiger partial charge is 0.269 e. The average Bonchev–Trinajstić information content (AvgIpc) is 2.85. The van der Waals surface area contributed by atoms with E-state index in [-0.39, 0.29) is 0 Å². The smallest absolute Gasteiger partial charge is 0.0630 e. The predicted molar refractivity (Wildman–Crippen MR) is 79.5 cm³/mol. The molecule has 0 amide bonds. The lowest BCUT2D eigenvalue weighted by Gasteiger charge is -2.27. The highest BCUT2D eigenvalue weighted by Crippen LogP contribution is 2.61. The van der Waals surface area contributed by atoms with Gasteiger partial charge in [-0.3, -0.25) is 4.68 Å². The van der Waals surface area contributed by atoms with E-state index in [1.165, 1.54) is 25.0 Å². The number of hydrogen-bond donors (Lipinski definition) is 0. The van der Waals surface area contributed by atoms with Gasteiger partial charge in [0.05, 0.1) is 11.7 Å². The van der Waals surface area contributed by atoms with Crippen LogP contribution in [0.15, 0.2) is 12.3 Å². The van der Waals surface area contributed by atoms with E-state index in [9.17, 15) is 0 Å². The quantitative estimate of drug-likeness (QED) is 0.704. The summed E-state index contributed by atoms with van der Waals surface area (Å²) >= 11 is 6.29. The Morgan fingerprint density at radius 1 is 1.37 bits per heavy atom. The van der Waals surface area contributed by atoms with Gasteiger partial charge in [-0.25, -0.2) is 0 Å². The van der Waals surface area contributed by atoms with Gasteiger partial charge < -0.3 is 0 Å². The van der Waals surface area contributed by atoms with Gasteiger partial charge in [-0.1, -0.05) is 13.8 Å². The van der Waals surface area contributed by atoms with Gasteiger partial charge >= 0.3 is 0 Å². The lowest BCUT2D eigenvalue weighted by atomic mass is 9.81. The zero-order chi connectivity index (χ0) is 13.5. The Hall–Kier alpha value is -0.500. The van der Waals surface area contributed by atoms with E-state index in [1.807, 2.05) is 0 Å². The van der Waals surface area contributed by atoms with E-state index in [1.54, 1.807) is 0 Å². The second kappa shape index (κ2) is 5.12. The molecule has 3 heteroatoms. The van der Waals surface area contributed by atoms with Gasteiger partial charge in [-0.2, -0.15) is 5.10 Å². The summed E-state index contributed by atoms with van der Waals surface area (Å²) in [5.74, 6) is 2.78. The highest BCUT2D eigenvalue weighted by molar-refractivity contribution is 6.18. The topological polar surface area (TPSA) is 17.8 Å². The molecule has 1 heterocycles. The van der Waals surface area contributed by atoms with E-state index in [0.29, 0.717) is 11.5 Å². The van der Waals surface area contributed by atoms with Crippen LogP contribution in [0.3, 0.4) is 0 Å². The molecule has 2 aliphatic carbocycles. The molecule has 0 aromatic carbocycles. The van der Waals surface area contributed by atoms with Crippen LogP contribution in [0.4, 0.5) is 0 Å². The van der Waals surface area contributed by atoms with Crippen LogP contribution >= 0.6 is 11.6 Å². The summed E-state index contributed by atoms with van der Waals surface area (Å²) < 4.78 is 2.16. The molecule has 0 radical (unpaired) electrons. The summed E-state index contributed by atoms with van der Waals surface area (Å²) in [6.45, 7) is 4.47. The molecule has 2 unspecified atom stereocenters. The van der Waals surface area contributed by atoms with Crippen molar-refractivity contribution >= 4 is 11.6 Å². The number of hydrogen-bond acceptors (Lipinski definition) is 1. The van der Waals surface area contributed by atoms with Crippen molar-refractivity contribution in [3.05, 3.63) is 18.0 Å². The Balaban J connectivity index is 1.69. The second-order valence-electron chi connectivity index (χ2n) is 6.73. The summed E-state index contributed by atoms with van der Waals surface area (Å²) in [5.41, 5.74) is 1.59. The SMILES string of the molecule is CCC(CC)n1ccc(CC2(CCl)CC3CC3C2)n1. The third-order valence-corrected chi connectivity index (χ3v) is 5.85. The van der Waals surface area contributed by atoms with Crippen LogP contribution in [0.1, 0.15) is 57.7 Å². The summed E-state index contributed by atoms with van der Waals surface area (Å²) in [7, 11) is 0. The molecule has 0 saturated heterocycles. The van der Waals surface area contributed by atoms with Crippen molar-refractivity contribution in [1.82, 2.24) is 9.78 Å². The van der Waals surface area contributed by atoms with Crippen LogP contribution in [0.5, 0.6) is 0 Å². The van der Waals surface area contributed by atoms with E-state index in [4.69, 9.17) is 16.7 Å². The Morgan fingerprint density at radius 2 is 2.05 bits per heavy atom. The van der Waals surface area contributed by atoms with Gasteiger partial charge in [-0.15, -0.1) is 11.6 Å². The monoisotopic (exact) mass is 280 g/mol. The van der Waals surface area contributed by atoms with Crippen molar-refractivity contribution in [3.63, 3.8) is 0 Å². The highest BCUT2D eigenvalue weighted by atomic mass is 35.5. The third kappa shape index (κ3) is 2.56. The number of halogens is 1. The van der Waals surface area contributed by atoms with E-state index >= 15 is 0 Å². The minimum absolute atomic E-state index is 0.349. The Bertz CT molecular complexity index is 426. The molecule has 2 nitrogen and oxygen atoms in total. The molecule has 0 N–H and O–H groups in total. The molecule has 1 aromatic rings. The zero-order valence-electron chi connectivity index (χ0n) is 12.1. The van der Waals surface area contributed by atoms with Crippen molar-refractivity contribution in [2.45, 2.75) is 58.4 Å². The maximum atomic E-state index is 6.29. The zero-order valence-corrected chi connectivity index (χ0v) is 12.9. The lowest BCUT2D eigenvalue weighted by Crippen LogP contribution is -2.24. The van der Waals surface area contributed by atoms with Crippen molar-refractivity contribution in [2.24, 2.45) is 17.3 Å². The van der Waals surface area contributed by atoms with Gasteiger partial charge in [0.25, 0.3) is 0 Å². The standard InChI is InChI=1S/C16H25ClN2/c1-3-15(4-2)19-6-5-14(18-19)10-16(11-17)8-12-7-13(12)9-16/h5-6,12-13,15H,3-4,7-11H2,1-2H3. The Labute approximate surface area is 121 Å². The van der Waals surface area contributed by atoms with Crippen molar-refractivity contribution in [2.75, 3.05) is 5.88 Å². The fourth-order valence-corrected chi connectivity index (χ4v) is 4.34. The van der Waals surface area contributed by atoms with Crippen LogP contribution in [0.2, 0.25) is 0 Å². The summed E-state index contributed by atoms with van der Waals surface area (Å²) in [5, 5.41) is 4.81. The molecule has 0 spiro atoms. The van der Waals surface area contributed by atoms with Crippen LogP contribution in [-0.2, 0) is 6.42 Å². The molecule has 3 rings (SSSR count). The molecule has 2 aliphatic rings. The van der Waals surface area contributed by atoms with Gasteiger partial charge in [0.2, 0.25) is 0 Å². The Kier molecular flexibility index (Phi) is 3.63. The molecule has 2 saturated carbocycles. The van der Waals surface area contributed by atoms with Crippen LogP contribution in [0.25, 0.3) is 0 Å². The fraction of sp³-hybridized carbons (Fsp3) is 0.812. The molecule has 1 aromatic heterocycles. The number of rotatable bonds is 6. The van der Waals surface area contributed by atoms with Gasteiger partial charge in [-0.05, 0) is 61.8 Å². The molecular formula is C16H25ClN2. The minimum atomic E-state index is 0.349. The number of fused-ring (bicyclic) bond motifs is 1.